The van der Waals surface area contributed by atoms with Crippen molar-refractivity contribution in [3.05, 3.63) is 11.8 Å². The predicted molar refractivity (Wildman–Crippen MR) is 84.0 cm³/mol. The van der Waals surface area contributed by atoms with Gasteiger partial charge in [-0.1, -0.05) is 0 Å². The topological polar surface area (TPSA) is 93.5 Å². The van der Waals surface area contributed by atoms with E-state index < -0.39 is 26.9 Å². The van der Waals surface area contributed by atoms with Gasteiger partial charge in [-0.25, -0.2) is 4.79 Å². The predicted octanol–water partition coefficient (Wildman–Crippen LogP) is 1.58. The number of alkyl halides is 3. The first-order chi connectivity index (χ1) is 12.1. The van der Waals surface area contributed by atoms with E-state index in [1.54, 1.807) is 4.90 Å². The minimum absolute atomic E-state index is 0.197. The second kappa shape index (κ2) is 6.32. The van der Waals surface area contributed by atoms with Crippen LogP contribution in [0.2, 0.25) is 0 Å². The van der Waals surface area contributed by atoms with Crippen molar-refractivity contribution in [3.63, 3.8) is 0 Å². The Balaban J connectivity index is 1.86. The molecular weight excluding hydrogens is 377 g/mol. The number of nitrogens with one attached hydrogen (secondary N) is 1. The fourth-order valence-corrected chi connectivity index (χ4v) is 4.01. The van der Waals surface area contributed by atoms with Crippen LogP contribution >= 0.6 is 0 Å². The molecule has 1 saturated heterocycles. The maximum atomic E-state index is 12.5. The molecule has 26 heavy (non-hydrogen) atoms. The molecule has 8 nitrogen and oxygen atoms in total. The smallest absolute Gasteiger partial charge is 0.354 e. The monoisotopic (exact) mass is 396 g/mol. The molecule has 1 aromatic rings. The standard InChI is InChI=1S/C14H19F3N4O4S/c1-2-18-12(22)20-7-5-13(9-20)4-3-6-21-10(13)8-11(19-21)25-26(23,24)14(15,16)17/h8H,2-7,9H2,1H3,(H,18,22)/t13-/m1/s1. The van der Waals surface area contributed by atoms with Crippen molar-refractivity contribution in [2.24, 2.45) is 0 Å². The van der Waals surface area contributed by atoms with Crippen LogP contribution in [-0.4, -0.2) is 54.3 Å². The summed E-state index contributed by atoms with van der Waals surface area (Å²) in [5, 5.41) is 6.59. The summed E-state index contributed by atoms with van der Waals surface area (Å²) in [6.45, 7) is 3.66. The van der Waals surface area contributed by atoms with E-state index >= 15 is 0 Å². The highest BCUT2D eigenvalue weighted by Crippen LogP contribution is 2.43. The number of carbonyl (C=O) groups excluding carboxylic acids is 1. The van der Waals surface area contributed by atoms with Gasteiger partial charge in [0.25, 0.3) is 5.88 Å². The van der Waals surface area contributed by atoms with E-state index in [2.05, 4.69) is 14.6 Å². The van der Waals surface area contributed by atoms with Crippen LogP contribution in [-0.2, 0) is 22.1 Å². The number of rotatable bonds is 3. The fraction of sp³-hybridized carbons (Fsp3) is 0.714. The molecule has 1 aromatic heterocycles. The lowest BCUT2D eigenvalue weighted by Gasteiger charge is -2.33. The second-order valence-electron chi connectivity index (χ2n) is 6.47. The Morgan fingerprint density at radius 2 is 2.12 bits per heavy atom. The van der Waals surface area contributed by atoms with Crippen LogP contribution in [0, 0.1) is 0 Å². The molecule has 1 atom stereocenters. The number of aryl methyl sites for hydroxylation is 1. The fourth-order valence-electron chi connectivity index (χ4n) is 3.61. The summed E-state index contributed by atoms with van der Waals surface area (Å²) in [6, 6.07) is 1.04. The third kappa shape index (κ3) is 3.21. The number of amides is 2. The van der Waals surface area contributed by atoms with Crippen molar-refractivity contribution in [1.29, 1.82) is 0 Å². The van der Waals surface area contributed by atoms with Gasteiger partial charge in [0.15, 0.2) is 0 Å². The van der Waals surface area contributed by atoms with Crippen LogP contribution in [0.15, 0.2) is 6.07 Å². The summed E-state index contributed by atoms with van der Waals surface area (Å²) >= 11 is 0. The number of fused-ring (bicyclic) bond motifs is 2. The number of urea groups is 1. The number of likely N-dealkylation sites (tertiary alicyclic amines) is 1. The van der Waals surface area contributed by atoms with Gasteiger partial charge in [-0.3, -0.25) is 4.68 Å². The van der Waals surface area contributed by atoms with Crippen LogP contribution in [0.4, 0.5) is 18.0 Å². The number of halogens is 3. The number of aromatic nitrogens is 2. The Bertz CT molecular complexity index is 808. The molecule has 1 fully saturated rings. The molecule has 2 aliphatic heterocycles. The molecule has 1 N–H and O–H groups in total. The molecule has 0 aliphatic carbocycles. The van der Waals surface area contributed by atoms with Crippen molar-refractivity contribution in [2.75, 3.05) is 19.6 Å². The van der Waals surface area contributed by atoms with Crippen LogP contribution < -0.4 is 9.50 Å². The zero-order valence-corrected chi connectivity index (χ0v) is 14.9. The molecule has 3 rings (SSSR count). The Hall–Kier alpha value is -1.98. The van der Waals surface area contributed by atoms with E-state index in [1.807, 2.05) is 6.92 Å². The molecule has 3 heterocycles. The summed E-state index contributed by atoms with van der Waals surface area (Å²) in [6.07, 6.45) is 2.09. The van der Waals surface area contributed by atoms with E-state index in [1.165, 1.54) is 10.7 Å². The van der Waals surface area contributed by atoms with E-state index in [4.69, 9.17) is 0 Å². The minimum atomic E-state index is -5.77. The molecule has 2 aliphatic rings. The lowest BCUT2D eigenvalue weighted by Crippen LogP contribution is -2.42. The Morgan fingerprint density at radius 3 is 2.77 bits per heavy atom. The molecule has 0 bridgehead atoms. The molecule has 0 saturated carbocycles. The summed E-state index contributed by atoms with van der Waals surface area (Å²) < 4.78 is 65.6. The highest BCUT2D eigenvalue weighted by atomic mass is 32.2. The third-order valence-electron chi connectivity index (χ3n) is 4.77. The molecular formula is C14H19F3N4O4S. The van der Waals surface area contributed by atoms with Crippen molar-refractivity contribution in [1.82, 2.24) is 20.0 Å². The Morgan fingerprint density at radius 1 is 1.38 bits per heavy atom. The van der Waals surface area contributed by atoms with E-state index in [0.29, 0.717) is 38.3 Å². The van der Waals surface area contributed by atoms with Crippen LogP contribution in [0.1, 0.15) is 31.9 Å². The number of carbonyl (C=O) groups is 1. The minimum Gasteiger partial charge on any atom is -0.354 e. The van der Waals surface area contributed by atoms with Gasteiger partial charge in [0.05, 0.1) is 5.69 Å². The average Bonchev–Trinajstić information content (AvgIpc) is 3.12. The lowest BCUT2D eigenvalue weighted by molar-refractivity contribution is -0.0501. The normalized spacial score (nSPS) is 23.2. The summed E-state index contributed by atoms with van der Waals surface area (Å²) in [5.74, 6) is -0.602. The van der Waals surface area contributed by atoms with Crippen molar-refractivity contribution in [2.45, 2.75) is 43.7 Å². The summed E-state index contributed by atoms with van der Waals surface area (Å²) in [7, 11) is -5.77. The lowest BCUT2D eigenvalue weighted by atomic mass is 9.77. The van der Waals surface area contributed by atoms with E-state index in [-0.39, 0.29) is 6.03 Å². The van der Waals surface area contributed by atoms with Crippen molar-refractivity contribution < 1.29 is 30.6 Å². The zero-order chi connectivity index (χ0) is 19.2. The van der Waals surface area contributed by atoms with Gasteiger partial charge < -0.3 is 14.4 Å². The molecule has 1 spiro atoms. The quantitative estimate of drug-likeness (QED) is 0.619. The van der Waals surface area contributed by atoms with Gasteiger partial charge >= 0.3 is 21.7 Å². The number of nitrogens with zero attached hydrogens (tertiary/aromatic N) is 3. The van der Waals surface area contributed by atoms with Crippen LogP contribution in [0.5, 0.6) is 5.88 Å². The van der Waals surface area contributed by atoms with Gasteiger partial charge in [0.1, 0.15) is 0 Å². The van der Waals surface area contributed by atoms with Crippen LogP contribution in [0.3, 0.4) is 0 Å². The highest BCUT2D eigenvalue weighted by molar-refractivity contribution is 7.87. The average molecular weight is 396 g/mol. The highest BCUT2D eigenvalue weighted by Gasteiger charge is 2.50. The maximum absolute atomic E-state index is 12.5. The third-order valence-corrected chi connectivity index (χ3v) is 5.73. The van der Waals surface area contributed by atoms with Crippen LogP contribution in [0.25, 0.3) is 0 Å². The number of hydrogen-bond donors (Lipinski definition) is 1. The number of hydrogen-bond acceptors (Lipinski definition) is 5. The van der Waals surface area contributed by atoms with Crippen molar-refractivity contribution >= 4 is 16.1 Å². The van der Waals surface area contributed by atoms with Gasteiger partial charge in [0, 0.05) is 37.7 Å². The molecule has 0 aromatic carbocycles. The molecule has 2 amide bonds. The largest absolute Gasteiger partial charge is 0.534 e. The van der Waals surface area contributed by atoms with Gasteiger partial charge in [-0.05, 0) is 26.2 Å². The van der Waals surface area contributed by atoms with Gasteiger partial charge in [0.2, 0.25) is 0 Å². The summed E-state index contributed by atoms with van der Waals surface area (Å²) in [4.78, 5) is 13.7. The Kier molecular flexibility index (Phi) is 4.57. The molecule has 12 heteroatoms. The van der Waals surface area contributed by atoms with E-state index in [9.17, 15) is 26.4 Å². The maximum Gasteiger partial charge on any atom is 0.534 e. The second-order valence-corrected chi connectivity index (χ2v) is 8.00. The Labute approximate surface area is 148 Å². The van der Waals surface area contributed by atoms with Gasteiger partial charge in [-0.2, -0.15) is 21.6 Å². The zero-order valence-electron chi connectivity index (χ0n) is 14.0. The van der Waals surface area contributed by atoms with Gasteiger partial charge in [-0.15, -0.1) is 5.10 Å². The van der Waals surface area contributed by atoms with E-state index in [0.717, 1.165) is 12.8 Å². The first kappa shape index (κ1) is 18.8. The first-order valence-corrected chi connectivity index (χ1v) is 9.61. The molecule has 0 radical (unpaired) electrons. The summed E-state index contributed by atoms with van der Waals surface area (Å²) in [5.41, 5.74) is -5.38. The SMILES string of the molecule is CCNC(=O)N1CC[C@]2(CCCn3nc(OS(=O)(=O)C(F)(F)F)cc32)C1. The first-order valence-electron chi connectivity index (χ1n) is 8.20. The molecule has 146 valence electrons. The van der Waals surface area contributed by atoms with Crippen molar-refractivity contribution in [3.8, 4) is 5.88 Å². The molecule has 0 unspecified atom stereocenters.